The van der Waals surface area contributed by atoms with E-state index in [4.69, 9.17) is 11.6 Å². The highest BCUT2D eigenvalue weighted by Gasteiger charge is 2.38. The van der Waals surface area contributed by atoms with Crippen LogP contribution in [0.3, 0.4) is 0 Å². The average molecular weight is 361 g/mol. The van der Waals surface area contributed by atoms with Crippen LogP contribution in [-0.4, -0.2) is 0 Å². The van der Waals surface area contributed by atoms with Crippen LogP contribution in [0.1, 0.15) is 29.5 Å². The molecule has 0 saturated heterocycles. The summed E-state index contributed by atoms with van der Waals surface area (Å²) in [4.78, 5) is 0. The highest BCUT2D eigenvalue weighted by molar-refractivity contribution is 9.10. The minimum absolute atomic E-state index is 0.271. The van der Waals surface area contributed by atoms with Crippen LogP contribution < -0.4 is 5.32 Å². The molecule has 106 valence electrons. The third kappa shape index (κ3) is 2.21. The van der Waals surface area contributed by atoms with Gasteiger partial charge < -0.3 is 5.32 Å². The van der Waals surface area contributed by atoms with Gasteiger partial charge in [-0.1, -0.05) is 57.9 Å². The molecule has 3 atom stereocenters. The second kappa shape index (κ2) is 5.19. The quantitative estimate of drug-likeness (QED) is 0.622. The second-order valence-electron chi connectivity index (χ2n) is 5.73. The molecule has 0 aromatic heterocycles. The third-order valence-electron chi connectivity index (χ3n) is 4.57. The first-order valence-corrected chi connectivity index (χ1v) is 8.38. The van der Waals surface area contributed by atoms with Crippen molar-refractivity contribution < 1.29 is 0 Å². The van der Waals surface area contributed by atoms with Gasteiger partial charge in [0.1, 0.15) is 0 Å². The van der Waals surface area contributed by atoms with Gasteiger partial charge >= 0.3 is 0 Å². The van der Waals surface area contributed by atoms with Crippen LogP contribution in [0.15, 0.2) is 59.1 Å². The molecule has 0 unspecified atom stereocenters. The normalized spacial score (nSPS) is 26.1. The lowest BCUT2D eigenvalue weighted by Crippen LogP contribution is -2.29. The first-order valence-electron chi connectivity index (χ1n) is 7.21. The van der Waals surface area contributed by atoms with Crippen LogP contribution in [0.4, 0.5) is 5.69 Å². The number of fused-ring (bicyclic) bond motifs is 3. The minimum atomic E-state index is 0.271. The molecule has 1 aliphatic heterocycles. The number of hydrogen-bond acceptors (Lipinski definition) is 1. The Hall–Kier alpha value is -1.25. The van der Waals surface area contributed by atoms with Gasteiger partial charge in [-0.05, 0) is 47.7 Å². The molecule has 1 nitrogen and oxygen atoms in total. The summed E-state index contributed by atoms with van der Waals surface area (Å²) in [7, 11) is 0. The molecular formula is C18H15BrClN. The molecule has 0 amide bonds. The fraction of sp³-hybridized carbons (Fsp3) is 0.222. The molecule has 0 radical (unpaired) electrons. The summed E-state index contributed by atoms with van der Waals surface area (Å²) in [6, 6.07) is 14.9. The Labute approximate surface area is 138 Å². The van der Waals surface area contributed by atoms with E-state index in [0.717, 1.165) is 15.9 Å². The van der Waals surface area contributed by atoms with Gasteiger partial charge in [-0.2, -0.15) is 0 Å². The summed E-state index contributed by atoms with van der Waals surface area (Å²) in [5.41, 5.74) is 3.80. The van der Waals surface area contributed by atoms with E-state index in [9.17, 15) is 0 Å². The predicted octanol–water partition coefficient (Wildman–Crippen LogP) is 5.93. The van der Waals surface area contributed by atoms with Gasteiger partial charge in [0.2, 0.25) is 0 Å². The van der Waals surface area contributed by atoms with Crippen molar-refractivity contribution in [3.05, 3.63) is 75.2 Å². The molecule has 2 aliphatic rings. The summed E-state index contributed by atoms with van der Waals surface area (Å²) < 4.78 is 1.14. The topological polar surface area (TPSA) is 12.0 Å². The number of benzene rings is 2. The number of hydrogen-bond donors (Lipinski definition) is 1. The van der Waals surface area contributed by atoms with Crippen molar-refractivity contribution in [3.63, 3.8) is 0 Å². The predicted molar refractivity (Wildman–Crippen MR) is 91.9 cm³/mol. The van der Waals surface area contributed by atoms with Crippen LogP contribution in [0, 0.1) is 5.92 Å². The van der Waals surface area contributed by atoms with Crippen molar-refractivity contribution in [2.75, 3.05) is 5.32 Å². The Bertz CT molecular complexity index is 725. The number of anilines is 1. The van der Waals surface area contributed by atoms with Crippen molar-refractivity contribution in [1.29, 1.82) is 0 Å². The monoisotopic (exact) mass is 359 g/mol. The summed E-state index contributed by atoms with van der Waals surface area (Å²) in [6.45, 7) is 0. The maximum atomic E-state index is 6.43. The SMILES string of the molecule is Clc1ccccc1[C@H]1Nc2ccc(Br)cc2[C@H]2C=CC[C@@H]21. The largest absolute Gasteiger partial charge is 0.378 e. The Morgan fingerprint density at radius 2 is 1.95 bits per heavy atom. The first-order chi connectivity index (χ1) is 10.2. The standard InChI is InChI=1S/C18H15BrClN/c19-11-8-9-17-15(10-11)12-5-3-6-13(12)18(21-17)14-4-1-2-7-16(14)20/h1-5,7-10,12-13,18,21H,6H2/t12-,13-,18-/m0/s1. The Morgan fingerprint density at radius 3 is 2.81 bits per heavy atom. The van der Waals surface area contributed by atoms with Crippen LogP contribution in [0.5, 0.6) is 0 Å². The summed E-state index contributed by atoms with van der Waals surface area (Å²) in [5, 5.41) is 4.56. The van der Waals surface area contributed by atoms with E-state index in [1.54, 1.807) is 0 Å². The first kappa shape index (κ1) is 13.4. The highest BCUT2D eigenvalue weighted by Crippen LogP contribution is 2.51. The second-order valence-corrected chi connectivity index (χ2v) is 7.05. The number of nitrogens with one attached hydrogen (secondary N) is 1. The van der Waals surface area contributed by atoms with E-state index in [0.29, 0.717) is 11.8 Å². The van der Waals surface area contributed by atoms with E-state index in [1.807, 2.05) is 12.1 Å². The van der Waals surface area contributed by atoms with E-state index in [2.05, 4.69) is 63.7 Å². The zero-order valence-corrected chi connectivity index (χ0v) is 13.7. The molecule has 1 aliphatic carbocycles. The van der Waals surface area contributed by atoms with Crippen LogP contribution in [0.25, 0.3) is 0 Å². The van der Waals surface area contributed by atoms with Gasteiger partial charge in [0.25, 0.3) is 0 Å². The Balaban J connectivity index is 1.82. The summed E-state index contributed by atoms with van der Waals surface area (Å²) >= 11 is 10.0. The van der Waals surface area contributed by atoms with Crippen molar-refractivity contribution in [2.45, 2.75) is 18.4 Å². The number of rotatable bonds is 1. The van der Waals surface area contributed by atoms with Crippen molar-refractivity contribution in [1.82, 2.24) is 0 Å². The van der Waals surface area contributed by atoms with E-state index in [-0.39, 0.29) is 6.04 Å². The molecule has 1 N–H and O–H groups in total. The lowest BCUT2D eigenvalue weighted by Gasteiger charge is -2.38. The third-order valence-corrected chi connectivity index (χ3v) is 5.40. The van der Waals surface area contributed by atoms with Crippen LogP contribution >= 0.6 is 27.5 Å². The molecule has 3 heteroatoms. The van der Waals surface area contributed by atoms with Gasteiger partial charge in [-0.15, -0.1) is 0 Å². The maximum Gasteiger partial charge on any atom is 0.0568 e. The smallest absolute Gasteiger partial charge is 0.0568 e. The zero-order valence-electron chi connectivity index (χ0n) is 11.4. The number of halogens is 2. The van der Waals surface area contributed by atoms with Crippen LogP contribution in [0.2, 0.25) is 5.02 Å². The molecule has 4 rings (SSSR count). The van der Waals surface area contributed by atoms with Crippen molar-refractivity contribution >= 4 is 33.2 Å². The zero-order chi connectivity index (χ0) is 14.4. The molecule has 2 aromatic rings. The molecule has 2 aromatic carbocycles. The van der Waals surface area contributed by atoms with Gasteiger partial charge in [0, 0.05) is 21.1 Å². The Kier molecular flexibility index (Phi) is 3.31. The van der Waals surface area contributed by atoms with Gasteiger partial charge in [0.15, 0.2) is 0 Å². The van der Waals surface area contributed by atoms with Crippen molar-refractivity contribution in [3.8, 4) is 0 Å². The molecule has 1 heterocycles. The van der Waals surface area contributed by atoms with E-state index >= 15 is 0 Å². The van der Waals surface area contributed by atoms with E-state index in [1.165, 1.54) is 16.8 Å². The van der Waals surface area contributed by atoms with Crippen molar-refractivity contribution in [2.24, 2.45) is 5.92 Å². The van der Waals surface area contributed by atoms with Gasteiger partial charge in [0.05, 0.1) is 6.04 Å². The minimum Gasteiger partial charge on any atom is -0.378 e. The average Bonchev–Trinajstić information content (AvgIpc) is 2.97. The summed E-state index contributed by atoms with van der Waals surface area (Å²) in [5.74, 6) is 1.01. The fourth-order valence-electron chi connectivity index (χ4n) is 3.60. The molecule has 0 fully saturated rings. The molecular weight excluding hydrogens is 346 g/mol. The van der Waals surface area contributed by atoms with Crippen LogP contribution in [-0.2, 0) is 0 Å². The molecule has 0 bridgehead atoms. The lowest BCUT2D eigenvalue weighted by molar-refractivity contribution is 0.425. The molecule has 0 saturated carbocycles. The van der Waals surface area contributed by atoms with Gasteiger partial charge in [-0.25, -0.2) is 0 Å². The van der Waals surface area contributed by atoms with Gasteiger partial charge in [-0.3, -0.25) is 0 Å². The summed E-state index contributed by atoms with van der Waals surface area (Å²) in [6.07, 6.45) is 5.75. The number of allylic oxidation sites excluding steroid dienone is 2. The highest BCUT2D eigenvalue weighted by atomic mass is 79.9. The molecule has 21 heavy (non-hydrogen) atoms. The molecule has 0 spiro atoms. The Morgan fingerprint density at radius 1 is 1.10 bits per heavy atom. The van der Waals surface area contributed by atoms with E-state index < -0.39 is 0 Å². The fourth-order valence-corrected chi connectivity index (χ4v) is 4.23. The maximum absolute atomic E-state index is 6.43. The lowest BCUT2D eigenvalue weighted by atomic mass is 9.77.